The van der Waals surface area contributed by atoms with Crippen LogP contribution >= 0.6 is 11.3 Å². The van der Waals surface area contributed by atoms with Gasteiger partial charge in [0.15, 0.2) is 5.13 Å². The van der Waals surface area contributed by atoms with Gasteiger partial charge in [-0.25, -0.2) is 9.97 Å². The third kappa shape index (κ3) is 3.36. The number of imidazole rings is 1. The fourth-order valence-electron chi connectivity index (χ4n) is 3.34. The number of para-hydroxylation sites is 2. The zero-order chi connectivity index (χ0) is 19.8. The van der Waals surface area contributed by atoms with E-state index in [2.05, 4.69) is 21.4 Å². The van der Waals surface area contributed by atoms with Crippen molar-refractivity contribution in [1.29, 1.82) is 0 Å². The van der Waals surface area contributed by atoms with Gasteiger partial charge >= 0.3 is 0 Å². The molecule has 0 fully saturated rings. The normalized spacial score (nSPS) is 11.2. The zero-order valence-corrected chi connectivity index (χ0v) is 16.5. The quantitative estimate of drug-likeness (QED) is 0.477. The Labute approximate surface area is 170 Å². The van der Waals surface area contributed by atoms with Gasteiger partial charge in [-0.15, -0.1) is 0 Å². The second-order valence-corrected chi connectivity index (χ2v) is 7.82. The highest BCUT2D eigenvalue weighted by Gasteiger charge is 2.16. The third-order valence-electron chi connectivity index (χ3n) is 4.67. The Hall–Kier alpha value is -3.58. The van der Waals surface area contributed by atoms with Crippen LogP contribution in [0.25, 0.3) is 32.6 Å². The van der Waals surface area contributed by atoms with Crippen LogP contribution in [0.4, 0.5) is 5.13 Å². The number of thiazole rings is 1. The van der Waals surface area contributed by atoms with Gasteiger partial charge in [0.2, 0.25) is 5.91 Å². The van der Waals surface area contributed by atoms with E-state index in [9.17, 15) is 4.79 Å². The molecule has 0 unspecified atom stereocenters. The van der Waals surface area contributed by atoms with Gasteiger partial charge < -0.3 is 9.88 Å². The van der Waals surface area contributed by atoms with E-state index < -0.39 is 0 Å². The molecule has 5 aromatic rings. The average Bonchev–Trinajstić information content (AvgIpc) is 3.29. The largest absolute Gasteiger partial charge is 0.314 e. The van der Waals surface area contributed by atoms with Crippen LogP contribution in [0.5, 0.6) is 0 Å². The predicted molar refractivity (Wildman–Crippen MR) is 116 cm³/mol. The second-order valence-electron chi connectivity index (χ2n) is 6.79. The number of aryl methyl sites for hydroxylation is 1. The van der Waals surface area contributed by atoms with Gasteiger partial charge in [-0.05, 0) is 48.9 Å². The molecular formula is C22H17N5OS. The fourth-order valence-corrected chi connectivity index (χ4v) is 4.32. The number of carbonyl (C=O) groups is 1. The third-order valence-corrected chi connectivity index (χ3v) is 5.60. The van der Waals surface area contributed by atoms with E-state index in [0.29, 0.717) is 5.13 Å². The lowest BCUT2D eigenvalue weighted by Crippen LogP contribution is -2.19. The summed E-state index contributed by atoms with van der Waals surface area (Å²) >= 11 is 1.48. The summed E-state index contributed by atoms with van der Waals surface area (Å²) < 4.78 is 2.98. The first kappa shape index (κ1) is 17.5. The molecule has 5 rings (SSSR count). The van der Waals surface area contributed by atoms with Crippen LogP contribution in [-0.2, 0) is 11.3 Å². The second kappa shape index (κ2) is 7.10. The van der Waals surface area contributed by atoms with Crippen LogP contribution < -0.4 is 5.32 Å². The molecular weight excluding hydrogens is 382 g/mol. The highest BCUT2D eigenvalue weighted by molar-refractivity contribution is 7.22. The van der Waals surface area contributed by atoms with Crippen molar-refractivity contribution in [3.05, 3.63) is 72.6 Å². The van der Waals surface area contributed by atoms with Crippen LogP contribution in [0.1, 0.15) is 5.56 Å². The van der Waals surface area contributed by atoms with Gasteiger partial charge in [-0.3, -0.25) is 9.78 Å². The van der Waals surface area contributed by atoms with Crippen LogP contribution in [-0.4, -0.2) is 25.4 Å². The highest BCUT2D eigenvalue weighted by Crippen LogP contribution is 2.27. The van der Waals surface area contributed by atoms with Crippen molar-refractivity contribution in [2.45, 2.75) is 13.5 Å². The highest BCUT2D eigenvalue weighted by atomic mass is 32.1. The van der Waals surface area contributed by atoms with Crippen LogP contribution in [0.15, 0.2) is 67.0 Å². The van der Waals surface area contributed by atoms with Crippen molar-refractivity contribution in [3.8, 4) is 11.4 Å². The number of nitrogens with zero attached hydrogens (tertiary/aromatic N) is 4. The van der Waals surface area contributed by atoms with E-state index >= 15 is 0 Å². The Bertz CT molecular complexity index is 1340. The molecule has 2 aromatic carbocycles. The van der Waals surface area contributed by atoms with E-state index in [-0.39, 0.29) is 12.5 Å². The topological polar surface area (TPSA) is 72.7 Å². The summed E-state index contributed by atoms with van der Waals surface area (Å²) in [4.78, 5) is 26.3. The van der Waals surface area contributed by atoms with Gasteiger partial charge in [-0.2, -0.15) is 0 Å². The molecule has 0 aliphatic carbocycles. The van der Waals surface area contributed by atoms with Crippen molar-refractivity contribution in [1.82, 2.24) is 19.5 Å². The van der Waals surface area contributed by atoms with Crippen molar-refractivity contribution in [2.24, 2.45) is 0 Å². The number of carbonyl (C=O) groups excluding carboxylic acids is 1. The van der Waals surface area contributed by atoms with E-state index in [1.54, 1.807) is 12.4 Å². The minimum atomic E-state index is -0.144. The van der Waals surface area contributed by atoms with Gasteiger partial charge in [0.25, 0.3) is 0 Å². The van der Waals surface area contributed by atoms with Gasteiger partial charge in [0, 0.05) is 18.0 Å². The predicted octanol–water partition coefficient (Wildman–Crippen LogP) is 4.66. The van der Waals surface area contributed by atoms with E-state index in [4.69, 9.17) is 4.98 Å². The molecule has 142 valence electrons. The average molecular weight is 399 g/mol. The molecule has 0 bridgehead atoms. The molecule has 7 heteroatoms. The van der Waals surface area contributed by atoms with E-state index in [1.165, 1.54) is 16.9 Å². The smallest absolute Gasteiger partial charge is 0.246 e. The summed E-state index contributed by atoms with van der Waals surface area (Å²) in [5, 5.41) is 3.54. The Morgan fingerprint density at radius 1 is 1.07 bits per heavy atom. The number of pyridine rings is 1. The maximum atomic E-state index is 12.8. The minimum absolute atomic E-state index is 0.139. The molecule has 3 heterocycles. The number of hydrogen-bond donors (Lipinski definition) is 1. The first-order valence-electron chi connectivity index (χ1n) is 9.20. The van der Waals surface area contributed by atoms with E-state index in [0.717, 1.165) is 32.6 Å². The van der Waals surface area contributed by atoms with E-state index in [1.807, 2.05) is 60.0 Å². The number of hydrogen-bond acceptors (Lipinski definition) is 5. The summed E-state index contributed by atoms with van der Waals surface area (Å²) in [6.45, 7) is 2.18. The molecule has 0 saturated heterocycles. The van der Waals surface area contributed by atoms with Crippen molar-refractivity contribution >= 4 is 43.6 Å². The number of amides is 1. The summed E-state index contributed by atoms with van der Waals surface area (Å²) in [5.74, 6) is 0.573. The molecule has 0 aliphatic heterocycles. The number of anilines is 1. The SMILES string of the molecule is Cc1ccc2nc(NC(=O)Cn3c(-c4cccnc4)nc4ccccc43)sc2c1. The van der Waals surface area contributed by atoms with Crippen molar-refractivity contribution in [2.75, 3.05) is 5.32 Å². The lowest BCUT2D eigenvalue weighted by Gasteiger charge is -2.08. The molecule has 0 radical (unpaired) electrons. The molecule has 1 amide bonds. The number of fused-ring (bicyclic) bond motifs is 2. The number of nitrogens with one attached hydrogen (secondary N) is 1. The first-order chi connectivity index (χ1) is 14.2. The summed E-state index contributed by atoms with van der Waals surface area (Å²) in [6, 6.07) is 17.7. The molecule has 0 atom stereocenters. The molecule has 6 nitrogen and oxygen atoms in total. The molecule has 29 heavy (non-hydrogen) atoms. The Balaban J connectivity index is 1.48. The Morgan fingerprint density at radius 3 is 2.83 bits per heavy atom. The standard InChI is InChI=1S/C22H17N5OS/c1-14-8-9-17-19(11-14)29-22(25-17)26-20(28)13-27-18-7-3-2-6-16(18)24-21(27)15-5-4-10-23-12-15/h2-12H,13H2,1H3,(H,25,26,28). The molecule has 1 N–H and O–H groups in total. The van der Waals surface area contributed by atoms with Crippen molar-refractivity contribution in [3.63, 3.8) is 0 Å². The van der Waals surface area contributed by atoms with Gasteiger partial charge in [-0.1, -0.05) is 29.5 Å². The maximum Gasteiger partial charge on any atom is 0.246 e. The lowest BCUT2D eigenvalue weighted by molar-refractivity contribution is -0.116. The molecule has 0 saturated carbocycles. The first-order valence-corrected chi connectivity index (χ1v) is 10.0. The Kier molecular flexibility index (Phi) is 4.29. The fraction of sp³-hybridized carbons (Fsp3) is 0.0909. The zero-order valence-electron chi connectivity index (χ0n) is 15.7. The number of benzene rings is 2. The maximum absolute atomic E-state index is 12.8. The van der Waals surface area contributed by atoms with Crippen molar-refractivity contribution < 1.29 is 4.79 Å². The molecule has 0 spiro atoms. The summed E-state index contributed by atoms with van der Waals surface area (Å²) in [7, 11) is 0. The lowest BCUT2D eigenvalue weighted by atomic mass is 10.2. The van der Waals surface area contributed by atoms with Crippen LogP contribution in [0, 0.1) is 6.92 Å². The van der Waals surface area contributed by atoms with Gasteiger partial charge in [0.1, 0.15) is 12.4 Å². The molecule has 0 aliphatic rings. The Morgan fingerprint density at radius 2 is 1.97 bits per heavy atom. The summed E-state index contributed by atoms with van der Waals surface area (Å²) in [5.41, 5.74) is 4.67. The van der Waals surface area contributed by atoms with Crippen LogP contribution in [0.3, 0.4) is 0 Å². The monoisotopic (exact) mass is 399 g/mol. The summed E-state index contributed by atoms with van der Waals surface area (Å²) in [6.07, 6.45) is 3.48. The number of rotatable bonds is 4. The number of aromatic nitrogens is 4. The van der Waals surface area contributed by atoms with Crippen LogP contribution in [0.2, 0.25) is 0 Å². The molecule has 3 aromatic heterocycles. The minimum Gasteiger partial charge on any atom is -0.314 e. The van der Waals surface area contributed by atoms with Gasteiger partial charge in [0.05, 0.1) is 21.3 Å².